The van der Waals surface area contributed by atoms with Gasteiger partial charge < -0.3 is 10.2 Å². The molecule has 22 heavy (non-hydrogen) atoms. The summed E-state index contributed by atoms with van der Waals surface area (Å²) in [7, 11) is 0. The van der Waals surface area contributed by atoms with Gasteiger partial charge in [-0.15, -0.1) is 10.2 Å². The third-order valence-corrected chi connectivity index (χ3v) is 4.28. The first kappa shape index (κ1) is 13.7. The lowest BCUT2D eigenvalue weighted by Crippen LogP contribution is -2.57. The average Bonchev–Trinajstić information content (AvgIpc) is 2.95. The molecule has 2 aromatic heterocycles. The first-order chi connectivity index (χ1) is 10.5. The zero-order chi connectivity index (χ0) is 15.3. The normalized spacial score (nSPS) is 18.2. The van der Waals surface area contributed by atoms with Gasteiger partial charge in [-0.05, 0) is 32.0 Å². The van der Waals surface area contributed by atoms with Gasteiger partial charge in [0.1, 0.15) is 6.33 Å². The molecule has 4 rings (SSSR count). The fourth-order valence-corrected chi connectivity index (χ4v) is 3.21. The number of aromatic nitrogens is 4. The highest BCUT2D eigenvalue weighted by Crippen LogP contribution is 2.27. The van der Waals surface area contributed by atoms with Crippen LogP contribution in [0.1, 0.15) is 13.8 Å². The Morgan fingerprint density at radius 2 is 2.18 bits per heavy atom. The van der Waals surface area contributed by atoms with E-state index < -0.39 is 0 Å². The van der Waals surface area contributed by atoms with E-state index in [4.69, 9.17) is 16.6 Å². The standard InChI is InChI=1S/C15H17ClN6/c1-15(2)8-21(6-5-17-15)13-14-20-18-9-22(14)12-7-10(16)3-4-11(12)19-13/h3-4,7,9,17H,5-6,8H2,1-2H3. The molecule has 0 unspecified atom stereocenters. The molecule has 0 amide bonds. The van der Waals surface area contributed by atoms with Gasteiger partial charge in [-0.1, -0.05) is 11.6 Å². The molecule has 3 heterocycles. The zero-order valence-corrected chi connectivity index (χ0v) is 13.3. The van der Waals surface area contributed by atoms with Crippen LogP contribution in [0.15, 0.2) is 24.5 Å². The van der Waals surface area contributed by atoms with E-state index in [0.29, 0.717) is 5.02 Å². The summed E-state index contributed by atoms with van der Waals surface area (Å²) < 4.78 is 1.96. The highest BCUT2D eigenvalue weighted by Gasteiger charge is 2.28. The molecule has 1 aliphatic heterocycles. The van der Waals surface area contributed by atoms with E-state index in [1.54, 1.807) is 6.33 Å². The second-order valence-electron chi connectivity index (χ2n) is 6.33. The maximum atomic E-state index is 6.11. The monoisotopic (exact) mass is 316 g/mol. The van der Waals surface area contributed by atoms with Gasteiger partial charge in [0.2, 0.25) is 5.65 Å². The molecule has 0 aliphatic carbocycles. The predicted molar refractivity (Wildman–Crippen MR) is 87.6 cm³/mol. The number of rotatable bonds is 1. The van der Waals surface area contributed by atoms with E-state index >= 15 is 0 Å². The van der Waals surface area contributed by atoms with Gasteiger partial charge in [0.25, 0.3) is 0 Å². The van der Waals surface area contributed by atoms with Gasteiger partial charge in [0.15, 0.2) is 5.82 Å². The zero-order valence-electron chi connectivity index (χ0n) is 12.5. The Labute approximate surface area is 133 Å². The van der Waals surface area contributed by atoms with Crippen LogP contribution in [-0.2, 0) is 0 Å². The van der Waals surface area contributed by atoms with E-state index in [9.17, 15) is 0 Å². The lowest BCUT2D eigenvalue weighted by molar-refractivity contribution is 0.352. The highest BCUT2D eigenvalue weighted by molar-refractivity contribution is 6.31. The lowest BCUT2D eigenvalue weighted by atomic mass is 10.0. The van der Waals surface area contributed by atoms with Crippen LogP contribution < -0.4 is 10.2 Å². The smallest absolute Gasteiger partial charge is 0.204 e. The highest BCUT2D eigenvalue weighted by atomic mass is 35.5. The van der Waals surface area contributed by atoms with Crippen LogP contribution in [0.2, 0.25) is 5.02 Å². The SMILES string of the molecule is CC1(C)CN(c2nc3ccc(Cl)cc3n3cnnc23)CCN1. The summed E-state index contributed by atoms with van der Waals surface area (Å²) in [5.41, 5.74) is 2.63. The minimum Gasteiger partial charge on any atom is -0.350 e. The Kier molecular flexibility index (Phi) is 2.99. The summed E-state index contributed by atoms with van der Waals surface area (Å²) in [4.78, 5) is 7.09. The molecule has 114 valence electrons. The number of halogens is 1. The number of fused-ring (bicyclic) bond motifs is 3. The molecule has 6 nitrogen and oxygen atoms in total. The Hall–Kier alpha value is -1.92. The number of piperazine rings is 1. The van der Waals surface area contributed by atoms with Crippen LogP contribution in [0, 0.1) is 0 Å². The van der Waals surface area contributed by atoms with Gasteiger partial charge in [0, 0.05) is 30.2 Å². The Balaban J connectivity index is 1.93. The number of benzene rings is 1. The first-order valence-electron chi connectivity index (χ1n) is 7.32. The molecule has 0 radical (unpaired) electrons. The van der Waals surface area contributed by atoms with Crippen molar-refractivity contribution in [2.24, 2.45) is 0 Å². The van der Waals surface area contributed by atoms with E-state index in [1.165, 1.54) is 0 Å². The van der Waals surface area contributed by atoms with E-state index in [1.807, 2.05) is 22.6 Å². The van der Waals surface area contributed by atoms with Crippen LogP contribution in [0.25, 0.3) is 16.7 Å². The molecule has 7 heteroatoms. The minimum absolute atomic E-state index is 0.0475. The second-order valence-corrected chi connectivity index (χ2v) is 6.76. The van der Waals surface area contributed by atoms with Gasteiger partial charge in [0.05, 0.1) is 11.0 Å². The largest absolute Gasteiger partial charge is 0.350 e. The summed E-state index contributed by atoms with van der Waals surface area (Å²) in [5, 5.41) is 12.5. The summed E-state index contributed by atoms with van der Waals surface area (Å²) >= 11 is 6.11. The summed E-state index contributed by atoms with van der Waals surface area (Å²) in [6, 6.07) is 5.69. The summed E-state index contributed by atoms with van der Waals surface area (Å²) in [5.74, 6) is 0.877. The second kappa shape index (κ2) is 4.79. The minimum atomic E-state index is 0.0475. The summed E-state index contributed by atoms with van der Waals surface area (Å²) in [6.07, 6.45) is 1.71. The van der Waals surface area contributed by atoms with Gasteiger partial charge in [-0.3, -0.25) is 4.40 Å². The Morgan fingerprint density at radius 1 is 1.32 bits per heavy atom. The van der Waals surface area contributed by atoms with Crippen LogP contribution in [0.3, 0.4) is 0 Å². The van der Waals surface area contributed by atoms with E-state index in [0.717, 1.165) is 42.1 Å². The van der Waals surface area contributed by atoms with Crippen LogP contribution >= 0.6 is 11.6 Å². The lowest BCUT2D eigenvalue weighted by Gasteiger charge is -2.39. The Bertz CT molecular complexity index is 856. The molecule has 0 saturated carbocycles. The molecular formula is C15H17ClN6. The predicted octanol–water partition coefficient (Wildman–Crippen LogP) is 2.12. The molecule has 1 saturated heterocycles. The van der Waals surface area contributed by atoms with E-state index in [2.05, 4.69) is 34.3 Å². The van der Waals surface area contributed by atoms with Gasteiger partial charge >= 0.3 is 0 Å². The van der Waals surface area contributed by atoms with Crippen molar-refractivity contribution in [3.8, 4) is 0 Å². The molecule has 0 bridgehead atoms. The van der Waals surface area contributed by atoms with Crippen molar-refractivity contribution < 1.29 is 0 Å². The maximum absolute atomic E-state index is 6.11. The maximum Gasteiger partial charge on any atom is 0.204 e. The molecule has 1 fully saturated rings. The van der Waals surface area contributed by atoms with Crippen molar-refractivity contribution in [2.75, 3.05) is 24.5 Å². The molecule has 0 atom stereocenters. The third-order valence-electron chi connectivity index (χ3n) is 4.04. The number of nitrogens with one attached hydrogen (secondary N) is 1. The van der Waals surface area contributed by atoms with Crippen molar-refractivity contribution >= 4 is 34.1 Å². The van der Waals surface area contributed by atoms with Crippen LogP contribution in [0.4, 0.5) is 5.82 Å². The van der Waals surface area contributed by atoms with Gasteiger partial charge in [-0.25, -0.2) is 4.98 Å². The molecule has 3 aromatic rings. The van der Waals surface area contributed by atoms with Crippen molar-refractivity contribution in [3.05, 3.63) is 29.5 Å². The average molecular weight is 317 g/mol. The number of anilines is 1. The van der Waals surface area contributed by atoms with Crippen LogP contribution in [-0.4, -0.2) is 44.8 Å². The number of nitrogens with zero attached hydrogens (tertiary/aromatic N) is 5. The molecule has 1 aromatic carbocycles. The van der Waals surface area contributed by atoms with Gasteiger partial charge in [-0.2, -0.15) is 0 Å². The molecule has 1 aliphatic rings. The van der Waals surface area contributed by atoms with E-state index in [-0.39, 0.29) is 5.54 Å². The molecule has 1 N–H and O–H groups in total. The third kappa shape index (κ3) is 2.19. The molecular weight excluding hydrogens is 300 g/mol. The fourth-order valence-electron chi connectivity index (χ4n) is 3.05. The summed E-state index contributed by atoms with van der Waals surface area (Å²) in [6.45, 7) is 7.09. The van der Waals surface area contributed by atoms with Crippen molar-refractivity contribution in [1.82, 2.24) is 24.9 Å². The van der Waals surface area contributed by atoms with Crippen molar-refractivity contribution in [2.45, 2.75) is 19.4 Å². The number of hydrogen-bond donors (Lipinski definition) is 1. The van der Waals surface area contributed by atoms with Crippen molar-refractivity contribution in [1.29, 1.82) is 0 Å². The quantitative estimate of drug-likeness (QED) is 0.745. The fraction of sp³-hybridized carbons (Fsp3) is 0.400. The number of hydrogen-bond acceptors (Lipinski definition) is 5. The topological polar surface area (TPSA) is 58.4 Å². The van der Waals surface area contributed by atoms with Crippen LogP contribution in [0.5, 0.6) is 0 Å². The first-order valence-corrected chi connectivity index (χ1v) is 7.70. The Morgan fingerprint density at radius 3 is 3.00 bits per heavy atom. The molecule has 0 spiro atoms. The van der Waals surface area contributed by atoms with Crippen molar-refractivity contribution in [3.63, 3.8) is 0 Å².